The van der Waals surface area contributed by atoms with Crippen LogP contribution in [0.15, 0.2) is 46.9 Å². The summed E-state index contributed by atoms with van der Waals surface area (Å²) in [6, 6.07) is 11.4. The molecule has 0 aliphatic carbocycles. The number of amides is 1. The van der Waals surface area contributed by atoms with Crippen molar-refractivity contribution in [2.45, 2.75) is 5.88 Å². The first-order chi connectivity index (χ1) is 9.10. The lowest BCUT2D eigenvalue weighted by Gasteiger charge is -2.07. The minimum Gasteiger partial charge on any atom is -0.322 e. The molecule has 0 saturated carbocycles. The maximum Gasteiger partial charge on any atom is 0.258 e. The van der Waals surface area contributed by atoms with Gasteiger partial charge in [0.05, 0.1) is 5.56 Å². The monoisotopic (exact) mass is 341 g/mol. The van der Waals surface area contributed by atoms with E-state index in [2.05, 4.69) is 21.2 Å². The van der Waals surface area contributed by atoms with Gasteiger partial charge in [0.2, 0.25) is 0 Å². The van der Waals surface area contributed by atoms with Gasteiger partial charge in [-0.15, -0.1) is 11.6 Å². The van der Waals surface area contributed by atoms with Crippen molar-refractivity contribution in [1.29, 1.82) is 0 Å². The second kappa shape index (κ2) is 6.17. The van der Waals surface area contributed by atoms with E-state index in [0.29, 0.717) is 16.0 Å². The molecular formula is C14H10BrClFNO. The molecule has 98 valence electrons. The number of carbonyl (C=O) groups excluding carboxylic acids is 1. The summed E-state index contributed by atoms with van der Waals surface area (Å²) in [6.07, 6.45) is 0. The van der Waals surface area contributed by atoms with E-state index >= 15 is 0 Å². The van der Waals surface area contributed by atoms with Gasteiger partial charge in [-0.2, -0.15) is 0 Å². The first-order valence-corrected chi connectivity index (χ1v) is 6.84. The highest BCUT2D eigenvalue weighted by Gasteiger charge is 2.11. The van der Waals surface area contributed by atoms with Crippen LogP contribution in [0.3, 0.4) is 0 Å². The molecule has 0 fully saturated rings. The second-order valence-corrected chi connectivity index (χ2v) is 5.09. The Labute approximate surface area is 123 Å². The van der Waals surface area contributed by atoms with Crippen LogP contribution in [0, 0.1) is 5.82 Å². The maximum atomic E-state index is 13.6. The molecule has 19 heavy (non-hydrogen) atoms. The number of anilines is 1. The van der Waals surface area contributed by atoms with Gasteiger partial charge in [0.25, 0.3) is 5.91 Å². The molecule has 2 aromatic carbocycles. The van der Waals surface area contributed by atoms with E-state index in [-0.39, 0.29) is 5.56 Å². The topological polar surface area (TPSA) is 29.1 Å². The lowest BCUT2D eigenvalue weighted by molar-refractivity contribution is 0.102. The molecule has 2 nitrogen and oxygen atoms in total. The zero-order valence-electron chi connectivity index (χ0n) is 9.79. The number of carbonyl (C=O) groups is 1. The van der Waals surface area contributed by atoms with Crippen LogP contribution >= 0.6 is 27.5 Å². The Balaban J connectivity index is 2.15. The largest absolute Gasteiger partial charge is 0.322 e. The molecule has 0 bridgehead atoms. The summed E-state index contributed by atoms with van der Waals surface area (Å²) < 4.78 is 14.2. The van der Waals surface area contributed by atoms with Gasteiger partial charge < -0.3 is 5.32 Å². The molecule has 0 atom stereocenters. The van der Waals surface area contributed by atoms with Gasteiger partial charge >= 0.3 is 0 Å². The number of benzene rings is 2. The molecule has 2 rings (SSSR count). The summed E-state index contributed by atoms with van der Waals surface area (Å²) >= 11 is 8.82. The molecule has 2 aromatic rings. The van der Waals surface area contributed by atoms with Crippen molar-refractivity contribution in [2.75, 3.05) is 5.32 Å². The predicted molar refractivity (Wildman–Crippen MR) is 78.1 cm³/mol. The van der Waals surface area contributed by atoms with Crippen LogP contribution in [-0.4, -0.2) is 5.91 Å². The van der Waals surface area contributed by atoms with Crippen molar-refractivity contribution in [3.05, 3.63) is 63.9 Å². The summed E-state index contributed by atoms with van der Waals surface area (Å²) in [4.78, 5) is 11.9. The Morgan fingerprint density at radius 2 is 1.89 bits per heavy atom. The quantitative estimate of drug-likeness (QED) is 0.813. The Morgan fingerprint density at radius 3 is 2.47 bits per heavy atom. The third kappa shape index (κ3) is 3.55. The molecule has 0 radical (unpaired) electrons. The average Bonchev–Trinajstić information content (AvgIpc) is 2.39. The molecule has 0 heterocycles. The van der Waals surface area contributed by atoms with Crippen LogP contribution in [0.4, 0.5) is 10.1 Å². The number of hydrogen-bond acceptors (Lipinski definition) is 1. The number of alkyl halides is 1. The van der Waals surface area contributed by atoms with E-state index in [4.69, 9.17) is 11.6 Å². The van der Waals surface area contributed by atoms with Crippen LogP contribution in [0.2, 0.25) is 0 Å². The average molecular weight is 343 g/mol. The highest BCUT2D eigenvalue weighted by atomic mass is 79.9. The number of halogens is 3. The third-order valence-electron chi connectivity index (χ3n) is 2.54. The van der Waals surface area contributed by atoms with Crippen molar-refractivity contribution in [2.24, 2.45) is 0 Å². The standard InChI is InChI=1S/C14H10BrClFNO/c15-10-3-6-12(13(17)7-10)14(19)18-11-4-1-9(8-16)2-5-11/h1-7H,8H2,(H,18,19). The number of hydrogen-bond donors (Lipinski definition) is 1. The number of rotatable bonds is 3. The predicted octanol–water partition coefficient (Wildman–Crippen LogP) is 4.58. The normalized spacial score (nSPS) is 10.3. The van der Waals surface area contributed by atoms with E-state index in [9.17, 15) is 9.18 Å². The summed E-state index contributed by atoms with van der Waals surface area (Å²) in [7, 11) is 0. The van der Waals surface area contributed by atoms with Gasteiger partial charge in [-0.3, -0.25) is 4.79 Å². The first kappa shape index (κ1) is 14.0. The molecule has 0 aliphatic heterocycles. The van der Waals surface area contributed by atoms with E-state index in [1.54, 1.807) is 30.3 Å². The van der Waals surface area contributed by atoms with Crippen LogP contribution in [-0.2, 0) is 5.88 Å². The van der Waals surface area contributed by atoms with Gasteiger partial charge in [0, 0.05) is 16.0 Å². The van der Waals surface area contributed by atoms with E-state index in [1.807, 2.05) is 0 Å². The van der Waals surface area contributed by atoms with Gasteiger partial charge in [-0.25, -0.2) is 4.39 Å². The molecule has 0 spiro atoms. The smallest absolute Gasteiger partial charge is 0.258 e. The van der Waals surface area contributed by atoms with Crippen molar-refractivity contribution in [3.63, 3.8) is 0 Å². The lowest BCUT2D eigenvalue weighted by Crippen LogP contribution is -2.13. The Kier molecular flexibility index (Phi) is 4.56. The molecule has 1 amide bonds. The van der Waals surface area contributed by atoms with Crippen LogP contribution < -0.4 is 5.32 Å². The van der Waals surface area contributed by atoms with Crippen LogP contribution in [0.1, 0.15) is 15.9 Å². The van der Waals surface area contributed by atoms with Crippen molar-refractivity contribution in [3.8, 4) is 0 Å². The fraction of sp³-hybridized carbons (Fsp3) is 0.0714. The van der Waals surface area contributed by atoms with E-state index < -0.39 is 11.7 Å². The molecule has 0 unspecified atom stereocenters. The van der Waals surface area contributed by atoms with Crippen LogP contribution in [0.25, 0.3) is 0 Å². The van der Waals surface area contributed by atoms with E-state index in [1.165, 1.54) is 12.1 Å². The highest BCUT2D eigenvalue weighted by Crippen LogP contribution is 2.17. The number of nitrogens with one attached hydrogen (secondary N) is 1. The lowest BCUT2D eigenvalue weighted by atomic mass is 10.2. The summed E-state index contributed by atoms with van der Waals surface area (Å²) in [5, 5.41) is 2.63. The first-order valence-electron chi connectivity index (χ1n) is 5.51. The summed E-state index contributed by atoms with van der Waals surface area (Å²) in [6.45, 7) is 0. The SMILES string of the molecule is O=C(Nc1ccc(CCl)cc1)c1ccc(Br)cc1F. The van der Waals surface area contributed by atoms with Crippen molar-refractivity contribution in [1.82, 2.24) is 0 Å². The van der Waals surface area contributed by atoms with Crippen molar-refractivity contribution < 1.29 is 9.18 Å². The summed E-state index contributed by atoms with van der Waals surface area (Å²) in [5.74, 6) is -0.636. The van der Waals surface area contributed by atoms with Crippen LogP contribution in [0.5, 0.6) is 0 Å². The van der Waals surface area contributed by atoms with Crippen molar-refractivity contribution >= 4 is 39.1 Å². The van der Waals surface area contributed by atoms with Gasteiger partial charge in [-0.1, -0.05) is 28.1 Å². The second-order valence-electron chi connectivity index (χ2n) is 3.91. The Morgan fingerprint density at radius 1 is 1.21 bits per heavy atom. The third-order valence-corrected chi connectivity index (χ3v) is 3.34. The highest BCUT2D eigenvalue weighted by molar-refractivity contribution is 9.10. The molecule has 1 N–H and O–H groups in total. The minimum atomic E-state index is -0.566. The maximum absolute atomic E-state index is 13.6. The minimum absolute atomic E-state index is 0.00428. The summed E-state index contributed by atoms with van der Waals surface area (Å²) in [5.41, 5.74) is 1.56. The molecule has 0 aliphatic rings. The molecule has 0 saturated heterocycles. The molecule has 0 aromatic heterocycles. The zero-order chi connectivity index (χ0) is 13.8. The zero-order valence-corrected chi connectivity index (χ0v) is 12.1. The molecular weight excluding hydrogens is 333 g/mol. The fourth-order valence-corrected chi connectivity index (χ4v) is 2.06. The molecule has 5 heteroatoms. The van der Waals surface area contributed by atoms with E-state index in [0.717, 1.165) is 5.56 Å². The van der Waals surface area contributed by atoms with Gasteiger partial charge in [0.15, 0.2) is 0 Å². The van der Waals surface area contributed by atoms with Gasteiger partial charge in [-0.05, 0) is 35.9 Å². The Hall–Kier alpha value is -1.39. The Bertz CT molecular complexity index is 601. The van der Waals surface area contributed by atoms with Gasteiger partial charge in [0.1, 0.15) is 5.82 Å². The fourth-order valence-electron chi connectivity index (χ4n) is 1.55.